The highest BCUT2D eigenvalue weighted by Crippen LogP contribution is 2.33. The van der Waals surface area contributed by atoms with E-state index in [1.165, 1.54) is 35.6 Å². The van der Waals surface area contributed by atoms with Crippen LogP contribution in [-0.4, -0.2) is 21.7 Å². The van der Waals surface area contributed by atoms with Crippen LogP contribution < -0.4 is 5.73 Å². The fraction of sp³-hybridized carbons (Fsp3) is 0.700. The molecular weight excluding hydrogens is 194 g/mol. The molecule has 1 saturated heterocycles. The first-order valence-electron chi connectivity index (χ1n) is 5.15. The maximum atomic E-state index is 5.90. The van der Waals surface area contributed by atoms with Crippen LogP contribution in [0.1, 0.15) is 43.0 Å². The van der Waals surface area contributed by atoms with Crippen LogP contribution >= 0.6 is 11.8 Å². The maximum absolute atomic E-state index is 5.90. The van der Waals surface area contributed by atoms with Crippen molar-refractivity contribution in [3.05, 3.63) is 17.5 Å². The van der Waals surface area contributed by atoms with Gasteiger partial charge in [-0.1, -0.05) is 0 Å². The smallest absolute Gasteiger partial charge is 0.0537 e. The van der Waals surface area contributed by atoms with Gasteiger partial charge in [-0.3, -0.25) is 5.10 Å². The molecule has 1 aliphatic rings. The van der Waals surface area contributed by atoms with Crippen molar-refractivity contribution in [2.75, 3.05) is 11.5 Å². The average molecular weight is 211 g/mol. The van der Waals surface area contributed by atoms with Crippen LogP contribution in [0.25, 0.3) is 0 Å². The van der Waals surface area contributed by atoms with Crippen molar-refractivity contribution in [3.8, 4) is 0 Å². The number of H-pyrrole nitrogens is 1. The molecule has 0 saturated carbocycles. The van der Waals surface area contributed by atoms with E-state index in [1.54, 1.807) is 0 Å². The van der Waals surface area contributed by atoms with Crippen LogP contribution in [0, 0.1) is 0 Å². The van der Waals surface area contributed by atoms with Gasteiger partial charge in [0.1, 0.15) is 0 Å². The summed E-state index contributed by atoms with van der Waals surface area (Å²) in [5.41, 5.74) is 8.37. The third-order valence-corrected chi connectivity index (χ3v) is 3.87. The number of nitrogens with zero attached hydrogens (tertiary/aromatic N) is 1. The summed E-state index contributed by atoms with van der Waals surface area (Å²) in [4.78, 5) is 0. The lowest BCUT2D eigenvalue weighted by atomic mass is 9.94. The monoisotopic (exact) mass is 211 g/mol. The summed E-state index contributed by atoms with van der Waals surface area (Å²) in [5.74, 6) is 3.18. The fourth-order valence-electron chi connectivity index (χ4n) is 1.98. The van der Waals surface area contributed by atoms with Crippen molar-refractivity contribution in [3.63, 3.8) is 0 Å². The molecule has 0 spiro atoms. The van der Waals surface area contributed by atoms with Gasteiger partial charge < -0.3 is 5.73 Å². The van der Waals surface area contributed by atoms with E-state index in [2.05, 4.69) is 10.2 Å². The first-order chi connectivity index (χ1) is 6.79. The third kappa shape index (κ3) is 1.96. The summed E-state index contributed by atoms with van der Waals surface area (Å²) in [7, 11) is 0. The van der Waals surface area contributed by atoms with Crippen molar-refractivity contribution >= 4 is 11.8 Å². The highest BCUT2D eigenvalue weighted by molar-refractivity contribution is 7.99. The van der Waals surface area contributed by atoms with Crippen molar-refractivity contribution in [1.29, 1.82) is 0 Å². The number of hydrogen-bond donors (Lipinski definition) is 2. The van der Waals surface area contributed by atoms with E-state index in [1.807, 2.05) is 24.9 Å². The van der Waals surface area contributed by atoms with Crippen molar-refractivity contribution < 1.29 is 0 Å². The predicted molar refractivity (Wildman–Crippen MR) is 60.5 cm³/mol. The second kappa shape index (κ2) is 4.36. The molecular formula is C10H17N3S. The topological polar surface area (TPSA) is 54.7 Å². The zero-order chi connectivity index (χ0) is 9.97. The maximum Gasteiger partial charge on any atom is 0.0537 e. The zero-order valence-corrected chi connectivity index (χ0v) is 9.31. The van der Waals surface area contributed by atoms with Gasteiger partial charge in [-0.05, 0) is 31.3 Å². The molecule has 1 unspecified atom stereocenters. The van der Waals surface area contributed by atoms with Gasteiger partial charge in [0.15, 0.2) is 0 Å². The average Bonchev–Trinajstić information content (AvgIpc) is 2.67. The quantitative estimate of drug-likeness (QED) is 0.787. The Morgan fingerprint density at radius 1 is 1.57 bits per heavy atom. The van der Waals surface area contributed by atoms with Crippen LogP contribution in [0.5, 0.6) is 0 Å². The van der Waals surface area contributed by atoms with Gasteiger partial charge in [-0.2, -0.15) is 16.9 Å². The van der Waals surface area contributed by atoms with Crippen LogP contribution in [0.2, 0.25) is 0 Å². The molecule has 4 heteroatoms. The summed E-state index contributed by atoms with van der Waals surface area (Å²) >= 11 is 2.04. The molecule has 0 bridgehead atoms. The summed E-state index contributed by atoms with van der Waals surface area (Å²) in [6, 6.07) is 0.0957. The standard InChI is InChI=1S/C10H17N3S/c1-7(11)9-6-12-13-10(9)8-2-4-14-5-3-8/h6-8H,2-5,11H2,1H3,(H,12,13). The van der Waals surface area contributed by atoms with Gasteiger partial charge in [0.25, 0.3) is 0 Å². The van der Waals surface area contributed by atoms with Crippen molar-refractivity contribution in [2.45, 2.75) is 31.7 Å². The number of aromatic amines is 1. The molecule has 1 aromatic rings. The second-order valence-electron chi connectivity index (χ2n) is 3.91. The number of aromatic nitrogens is 2. The van der Waals surface area contributed by atoms with E-state index >= 15 is 0 Å². The van der Waals surface area contributed by atoms with Crippen molar-refractivity contribution in [2.24, 2.45) is 5.73 Å². The molecule has 1 fully saturated rings. The van der Waals surface area contributed by atoms with Gasteiger partial charge in [-0.15, -0.1) is 0 Å². The molecule has 0 aromatic carbocycles. The Balaban J connectivity index is 2.17. The summed E-state index contributed by atoms with van der Waals surface area (Å²) in [5, 5.41) is 7.22. The first-order valence-corrected chi connectivity index (χ1v) is 6.31. The molecule has 1 aromatic heterocycles. The van der Waals surface area contributed by atoms with Crippen LogP contribution in [0.3, 0.4) is 0 Å². The Labute approximate surface area is 88.8 Å². The van der Waals surface area contributed by atoms with Gasteiger partial charge in [-0.25, -0.2) is 0 Å². The van der Waals surface area contributed by atoms with Gasteiger partial charge >= 0.3 is 0 Å². The van der Waals surface area contributed by atoms with E-state index in [-0.39, 0.29) is 6.04 Å². The summed E-state index contributed by atoms with van der Waals surface area (Å²) in [6.07, 6.45) is 4.39. The highest BCUT2D eigenvalue weighted by Gasteiger charge is 2.21. The molecule has 0 aliphatic carbocycles. The van der Waals surface area contributed by atoms with Gasteiger partial charge in [0, 0.05) is 23.2 Å². The lowest BCUT2D eigenvalue weighted by Gasteiger charge is -2.21. The molecule has 3 N–H and O–H groups in total. The van der Waals surface area contributed by atoms with Gasteiger partial charge in [0.05, 0.1) is 6.20 Å². The van der Waals surface area contributed by atoms with Crippen molar-refractivity contribution in [1.82, 2.24) is 10.2 Å². The minimum absolute atomic E-state index is 0.0957. The SMILES string of the molecule is CC(N)c1cn[nH]c1C1CCSCC1. The number of rotatable bonds is 2. The molecule has 3 nitrogen and oxygen atoms in total. The number of nitrogens with one attached hydrogen (secondary N) is 1. The molecule has 2 rings (SSSR count). The lowest BCUT2D eigenvalue weighted by molar-refractivity contribution is 0.604. The van der Waals surface area contributed by atoms with Gasteiger partial charge in [0.2, 0.25) is 0 Å². The minimum atomic E-state index is 0.0957. The minimum Gasteiger partial charge on any atom is -0.324 e. The molecule has 1 aliphatic heterocycles. The van der Waals surface area contributed by atoms with E-state index in [0.29, 0.717) is 5.92 Å². The third-order valence-electron chi connectivity index (χ3n) is 2.82. The number of nitrogens with two attached hydrogens (primary N) is 1. The summed E-state index contributed by atoms with van der Waals surface area (Å²) < 4.78 is 0. The molecule has 2 heterocycles. The second-order valence-corrected chi connectivity index (χ2v) is 5.14. The van der Waals surface area contributed by atoms with E-state index < -0.39 is 0 Å². The molecule has 0 radical (unpaired) electrons. The fourth-order valence-corrected chi connectivity index (χ4v) is 3.09. The zero-order valence-electron chi connectivity index (χ0n) is 8.49. The van der Waals surface area contributed by atoms with E-state index in [0.717, 1.165) is 0 Å². The lowest BCUT2D eigenvalue weighted by Crippen LogP contribution is -2.13. The molecule has 14 heavy (non-hydrogen) atoms. The molecule has 0 amide bonds. The highest BCUT2D eigenvalue weighted by atomic mass is 32.2. The van der Waals surface area contributed by atoms with E-state index in [9.17, 15) is 0 Å². The molecule has 1 atom stereocenters. The van der Waals surface area contributed by atoms with E-state index in [4.69, 9.17) is 5.73 Å². The van der Waals surface area contributed by atoms with Crippen LogP contribution in [-0.2, 0) is 0 Å². The molecule has 78 valence electrons. The summed E-state index contributed by atoms with van der Waals surface area (Å²) in [6.45, 7) is 2.02. The normalized spacial score (nSPS) is 21.0. The van der Waals surface area contributed by atoms with Crippen LogP contribution in [0.15, 0.2) is 6.20 Å². The Bertz CT molecular complexity index is 289. The Morgan fingerprint density at radius 2 is 2.29 bits per heavy atom. The largest absolute Gasteiger partial charge is 0.324 e. The number of thioether (sulfide) groups is 1. The Kier molecular flexibility index (Phi) is 3.13. The van der Waals surface area contributed by atoms with Crippen LogP contribution in [0.4, 0.5) is 0 Å². The Hall–Kier alpha value is -0.480. The predicted octanol–water partition coefficient (Wildman–Crippen LogP) is 2.04. The Morgan fingerprint density at radius 3 is 2.93 bits per heavy atom. The first kappa shape index (κ1) is 10.1. The number of hydrogen-bond acceptors (Lipinski definition) is 3.